The van der Waals surface area contributed by atoms with Crippen molar-refractivity contribution >= 4 is 11.8 Å². The van der Waals surface area contributed by atoms with Gasteiger partial charge in [0.25, 0.3) is 11.8 Å². The number of hydrazine groups is 1. The normalized spacial score (nSPS) is 21.9. The molecule has 1 heterocycles. The number of carbonyl (C=O) groups is 2. The molecule has 1 saturated heterocycles. The fourth-order valence-corrected chi connectivity index (χ4v) is 2.52. The Labute approximate surface area is 125 Å². The fraction of sp³-hybridized carbons (Fsp3) is 0.294. The van der Waals surface area contributed by atoms with E-state index in [1.807, 2.05) is 49.4 Å². The highest BCUT2D eigenvalue weighted by Gasteiger charge is 2.52. The Bertz CT molecular complexity index is 565. The Morgan fingerprint density at radius 1 is 1.24 bits per heavy atom. The highest BCUT2D eigenvalue weighted by molar-refractivity contribution is 6.10. The molecule has 0 radical (unpaired) electrons. The number of allylic oxidation sites excluding steroid dienone is 3. The Hall–Kier alpha value is -2.36. The molecule has 2 rings (SSSR count). The van der Waals surface area contributed by atoms with Crippen LogP contribution in [0.25, 0.3) is 0 Å². The van der Waals surface area contributed by atoms with E-state index in [1.54, 1.807) is 6.08 Å². The molecule has 1 fully saturated rings. The molecule has 1 aliphatic heterocycles. The highest BCUT2D eigenvalue weighted by atomic mass is 16.2. The van der Waals surface area contributed by atoms with Gasteiger partial charge >= 0.3 is 0 Å². The summed E-state index contributed by atoms with van der Waals surface area (Å²) in [5.74, 6) is -0.434. The molecule has 0 aliphatic carbocycles. The van der Waals surface area contributed by atoms with Gasteiger partial charge in [-0.2, -0.15) is 0 Å². The molecule has 0 saturated carbocycles. The molecule has 1 N–H and O–H groups in total. The zero-order valence-electron chi connectivity index (χ0n) is 12.2. The number of amides is 2. The van der Waals surface area contributed by atoms with E-state index in [4.69, 9.17) is 0 Å². The number of nitrogens with zero attached hydrogens (tertiary/aromatic N) is 1. The zero-order valence-corrected chi connectivity index (χ0v) is 12.2. The van der Waals surface area contributed by atoms with Gasteiger partial charge in [-0.15, -0.1) is 6.58 Å². The summed E-state index contributed by atoms with van der Waals surface area (Å²) in [6, 6.07) is 9.60. The summed E-state index contributed by atoms with van der Waals surface area (Å²) in [7, 11) is 0. The van der Waals surface area contributed by atoms with Crippen LogP contribution >= 0.6 is 0 Å². The van der Waals surface area contributed by atoms with Crippen LogP contribution in [-0.4, -0.2) is 16.8 Å². The molecule has 0 aromatic heterocycles. The molecule has 0 spiro atoms. The van der Waals surface area contributed by atoms with E-state index < -0.39 is 5.41 Å². The van der Waals surface area contributed by atoms with Crippen LogP contribution < -0.4 is 5.43 Å². The van der Waals surface area contributed by atoms with E-state index in [0.29, 0.717) is 19.4 Å². The predicted octanol–water partition coefficient (Wildman–Crippen LogP) is 2.59. The topological polar surface area (TPSA) is 49.4 Å². The second-order valence-electron chi connectivity index (χ2n) is 5.17. The highest BCUT2D eigenvalue weighted by Crippen LogP contribution is 2.35. The van der Waals surface area contributed by atoms with Crippen LogP contribution in [0.5, 0.6) is 0 Å². The Balaban J connectivity index is 2.23. The molecule has 4 nitrogen and oxygen atoms in total. The monoisotopic (exact) mass is 284 g/mol. The molecule has 21 heavy (non-hydrogen) atoms. The second kappa shape index (κ2) is 6.39. The van der Waals surface area contributed by atoms with Crippen molar-refractivity contribution in [2.75, 3.05) is 0 Å². The minimum absolute atomic E-state index is 0.186. The molecule has 0 bridgehead atoms. The van der Waals surface area contributed by atoms with Crippen LogP contribution in [0.4, 0.5) is 0 Å². The summed E-state index contributed by atoms with van der Waals surface area (Å²) in [5, 5.41) is 1.41. The number of hydrogen-bond acceptors (Lipinski definition) is 2. The first-order valence-corrected chi connectivity index (χ1v) is 7.03. The predicted molar refractivity (Wildman–Crippen MR) is 81.8 cm³/mol. The summed E-state index contributed by atoms with van der Waals surface area (Å²) < 4.78 is 0. The third kappa shape index (κ3) is 2.89. The maximum Gasteiger partial charge on any atom is 0.257 e. The van der Waals surface area contributed by atoms with Gasteiger partial charge in [-0.3, -0.25) is 15.0 Å². The quantitative estimate of drug-likeness (QED) is 0.645. The minimum Gasteiger partial charge on any atom is -0.272 e. The van der Waals surface area contributed by atoms with Gasteiger partial charge in [0.2, 0.25) is 0 Å². The summed E-state index contributed by atoms with van der Waals surface area (Å²) in [6.45, 7) is 5.93. The largest absolute Gasteiger partial charge is 0.272 e. The van der Waals surface area contributed by atoms with Gasteiger partial charge in [0.05, 0.1) is 6.54 Å². The van der Waals surface area contributed by atoms with Crippen LogP contribution in [0.2, 0.25) is 0 Å². The molecule has 110 valence electrons. The van der Waals surface area contributed by atoms with Gasteiger partial charge in [0, 0.05) is 0 Å². The van der Waals surface area contributed by atoms with Gasteiger partial charge < -0.3 is 0 Å². The van der Waals surface area contributed by atoms with Crippen molar-refractivity contribution < 1.29 is 9.59 Å². The lowest BCUT2D eigenvalue weighted by atomic mass is 9.80. The molecular formula is C17H20N2O2. The third-order valence-electron chi connectivity index (χ3n) is 3.70. The van der Waals surface area contributed by atoms with Gasteiger partial charge in [0.1, 0.15) is 5.41 Å². The van der Waals surface area contributed by atoms with Crippen LogP contribution in [0.1, 0.15) is 25.3 Å². The van der Waals surface area contributed by atoms with Crippen molar-refractivity contribution in [3.8, 4) is 0 Å². The smallest absolute Gasteiger partial charge is 0.257 e. The Kier molecular flexibility index (Phi) is 4.58. The lowest BCUT2D eigenvalue weighted by molar-refractivity contribution is -0.139. The van der Waals surface area contributed by atoms with E-state index in [9.17, 15) is 9.59 Å². The van der Waals surface area contributed by atoms with Crippen molar-refractivity contribution in [3.63, 3.8) is 0 Å². The molecule has 1 unspecified atom stereocenters. The van der Waals surface area contributed by atoms with Crippen LogP contribution in [0.15, 0.2) is 55.1 Å². The summed E-state index contributed by atoms with van der Waals surface area (Å²) >= 11 is 0. The average Bonchev–Trinajstić information content (AvgIpc) is 2.72. The number of nitrogens with one attached hydrogen (secondary N) is 1. The number of hydrogen-bond donors (Lipinski definition) is 1. The van der Waals surface area contributed by atoms with Crippen molar-refractivity contribution in [2.45, 2.75) is 26.3 Å². The molecule has 1 aromatic carbocycles. The fourth-order valence-electron chi connectivity index (χ4n) is 2.52. The van der Waals surface area contributed by atoms with E-state index in [-0.39, 0.29) is 11.8 Å². The second-order valence-corrected chi connectivity index (χ2v) is 5.17. The van der Waals surface area contributed by atoms with E-state index in [0.717, 1.165) is 5.56 Å². The SMILES string of the molecule is C=CCC1(C/C=C/C)C(=O)NN(Cc2ccccc2)C1=O. The van der Waals surface area contributed by atoms with Gasteiger partial charge in [-0.25, -0.2) is 5.01 Å². The van der Waals surface area contributed by atoms with Gasteiger partial charge in [0.15, 0.2) is 0 Å². The summed E-state index contributed by atoms with van der Waals surface area (Å²) in [6.07, 6.45) is 6.07. The van der Waals surface area contributed by atoms with Crippen molar-refractivity contribution in [1.82, 2.24) is 10.4 Å². The molecular weight excluding hydrogens is 264 g/mol. The Morgan fingerprint density at radius 2 is 1.95 bits per heavy atom. The van der Waals surface area contributed by atoms with E-state index in [1.165, 1.54) is 5.01 Å². The maximum atomic E-state index is 12.7. The van der Waals surface area contributed by atoms with Crippen LogP contribution in [-0.2, 0) is 16.1 Å². The number of rotatable bonds is 6. The number of carbonyl (C=O) groups excluding carboxylic acids is 2. The number of benzene rings is 1. The maximum absolute atomic E-state index is 12.7. The molecule has 2 amide bonds. The molecule has 1 aromatic rings. The average molecular weight is 284 g/mol. The van der Waals surface area contributed by atoms with Crippen LogP contribution in [0.3, 0.4) is 0 Å². The summed E-state index contributed by atoms with van der Waals surface area (Å²) in [4.78, 5) is 25.0. The molecule has 4 heteroatoms. The van der Waals surface area contributed by atoms with E-state index >= 15 is 0 Å². The van der Waals surface area contributed by atoms with E-state index in [2.05, 4.69) is 12.0 Å². The third-order valence-corrected chi connectivity index (χ3v) is 3.70. The minimum atomic E-state index is -1.05. The lowest BCUT2D eigenvalue weighted by Gasteiger charge is -2.21. The first-order valence-electron chi connectivity index (χ1n) is 7.03. The van der Waals surface area contributed by atoms with Gasteiger partial charge in [-0.05, 0) is 25.3 Å². The summed E-state index contributed by atoms with van der Waals surface area (Å²) in [5.41, 5.74) is 2.63. The van der Waals surface area contributed by atoms with Gasteiger partial charge in [-0.1, -0.05) is 48.6 Å². The Morgan fingerprint density at radius 3 is 2.57 bits per heavy atom. The lowest BCUT2D eigenvalue weighted by Crippen LogP contribution is -2.36. The van der Waals surface area contributed by atoms with Crippen molar-refractivity contribution in [1.29, 1.82) is 0 Å². The van der Waals surface area contributed by atoms with Crippen molar-refractivity contribution in [3.05, 3.63) is 60.7 Å². The molecule has 1 aliphatic rings. The van der Waals surface area contributed by atoms with Crippen molar-refractivity contribution in [2.24, 2.45) is 5.41 Å². The molecule has 1 atom stereocenters. The standard InChI is InChI=1S/C17H20N2O2/c1-3-5-12-17(11-4-2)15(20)18-19(16(17)21)13-14-9-7-6-8-10-14/h3-10H,2,11-13H2,1H3,(H,18,20)/b5-3+. The zero-order chi connectivity index (χ0) is 15.3. The first-order chi connectivity index (χ1) is 10.1. The first kappa shape index (κ1) is 15.0. The van der Waals surface area contributed by atoms with Crippen LogP contribution in [0, 0.1) is 5.41 Å².